The number of carbonyl (C=O) groups is 1. The summed E-state index contributed by atoms with van der Waals surface area (Å²) in [5, 5.41) is 21.3. The maximum absolute atomic E-state index is 12.5. The van der Waals surface area contributed by atoms with Crippen molar-refractivity contribution in [3.05, 3.63) is 11.6 Å². The topological polar surface area (TPSA) is 85.2 Å². The highest BCUT2D eigenvalue weighted by Gasteiger charge is 2.67. The fourth-order valence-corrected chi connectivity index (χ4v) is 7.38. The summed E-state index contributed by atoms with van der Waals surface area (Å²) in [5.74, 6) is 2.61. The highest BCUT2D eigenvalue weighted by molar-refractivity contribution is 5.82. The molecular weight excluding hydrogens is 420 g/mol. The van der Waals surface area contributed by atoms with E-state index in [9.17, 15) is 15.0 Å². The Bertz CT molecular complexity index is 777. The quantitative estimate of drug-likeness (QED) is 0.468. The van der Waals surface area contributed by atoms with Gasteiger partial charge in [-0.25, -0.2) is 4.79 Å². The van der Waals surface area contributed by atoms with Crippen molar-refractivity contribution in [1.82, 2.24) is 0 Å². The second-order valence-corrected chi connectivity index (χ2v) is 12.1. The predicted molar refractivity (Wildman–Crippen MR) is 125 cm³/mol. The van der Waals surface area contributed by atoms with Crippen molar-refractivity contribution in [1.29, 1.82) is 0 Å². The molecule has 0 spiro atoms. The van der Waals surface area contributed by atoms with Gasteiger partial charge in [0.05, 0.1) is 11.7 Å². The second-order valence-electron chi connectivity index (χ2n) is 12.1. The van der Waals surface area contributed by atoms with E-state index in [1.54, 1.807) is 6.92 Å². The average Bonchev–Trinajstić information content (AvgIpc) is 3.12. The molecule has 0 amide bonds. The van der Waals surface area contributed by atoms with E-state index in [4.69, 9.17) is 14.2 Å². The number of esters is 1. The van der Waals surface area contributed by atoms with Crippen LogP contribution in [0.3, 0.4) is 0 Å². The van der Waals surface area contributed by atoms with Crippen molar-refractivity contribution < 1.29 is 29.2 Å². The number of allylic oxidation sites excluding steroid dienone is 1. The van der Waals surface area contributed by atoms with Crippen molar-refractivity contribution >= 4 is 5.97 Å². The Morgan fingerprint density at radius 2 is 1.79 bits per heavy atom. The minimum absolute atomic E-state index is 0.403. The van der Waals surface area contributed by atoms with Crippen LogP contribution < -0.4 is 0 Å². The minimum atomic E-state index is -1.27. The predicted octanol–water partition coefficient (Wildman–Crippen LogP) is 4.22. The first kappa shape index (κ1) is 25.2. The maximum atomic E-state index is 12.5. The molecular formula is C27H44O6. The minimum Gasteiger partial charge on any atom is -0.451 e. The van der Waals surface area contributed by atoms with Crippen LogP contribution in [0.2, 0.25) is 0 Å². The molecule has 3 aliphatic carbocycles. The van der Waals surface area contributed by atoms with Crippen LogP contribution in [-0.2, 0) is 19.0 Å². The van der Waals surface area contributed by atoms with Crippen LogP contribution in [0.1, 0.15) is 80.6 Å². The first-order valence-electron chi connectivity index (χ1n) is 13.0. The number of fused-ring (bicyclic) bond motifs is 3. The number of carbonyl (C=O) groups excluding carboxylic acids is 1. The molecule has 6 nitrogen and oxygen atoms in total. The zero-order valence-electron chi connectivity index (χ0n) is 21.4. The van der Waals surface area contributed by atoms with E-state index in [0.717, 1.165) is 43.1 Å². The molecule has 3 saturated carbocycles. The van der Waals surface area contributed by atoms with E-state index in [2.05, 4.69) is 27.7 Å². The summed E-state index contributed by atoms with van der Waals surface area (Å²) in [6, 6.07) is 0. The van der Waals surface area contributed by atoms with Gasteiger partial charge in [0, 0.05) is 6.08 Å². The molecule has 1 heterocycles. The van der Waals surface area contributed by atoms with E-state index < -0.39 is 42.3 Å². The Morgan fingerprint density at radius 3 is 2.45 bits per heavy atom. The lowest BCUT2D eigenvalue weighted by molar-refractivity contribution is -0.328. The molecule has 4 rings (SSSR count). The monoisotopic (exact) mass is 464 g/mol. The van der Waals surface area contributed by atoms with Gasteiger partial charge in [0.2, 0.25) is 0 Å². The van der Waals surface area contributed by atoms with Gasteiger partial charge in [-0.2, -0.15) is 0 Å². The van der Waals surface area contributed by atoms with Crippen LogP contribution in [0.5, 0.6) is 0 Å². The fourth-order valence-electron chi connectivity index (χ4n) is 7.38. The molecule has 1 saturated heterocycles. The van der Waals surface area contributed by atoms with E-state index in [0.29, 0.717) is 23.2 Å². The second kappa shape index (κ2) is 8.92. The normalized spacial score (nSPS) is 49.1. The molecule has 33 heavy (non-hydrogen) atoms. The van der Waals surface area contributed by atoms with Crippen LogP contribution in [0, 0.1) is 35.0 Å². The van der Waals surface area contributed by atoms with Gasteiger partial charge in [0.25, 0.3) is 0 Å². The van der Waals surface area contributed by atoms with E-state index in [-0.39, 0.29) is 0 Å². The molecule has 0 aromatic heterocycles. The summed E-state index contributed by atoms with van der Waals surface area (Å²) in [5.41, 5.74) is 0.865. The molecule has 4 aliphatic rings. The highest BCUT2D eigenvalue weighted by Crippen LogP contribution is 2.71. The third-order valence-corrected chi connectivity index (χ3v) is 9.69. The number of hydrogen-bond donors (Lipinski definition) is 2. The molecule has 0 aromatic rings. The molecule has 6 heteroatoms. The van der Waals surface area contributed by atoms with Gasteiger partial charge in [0.1, 0.15) is 12.2 Å². The van der Waals surface area contributed by atoms with Gasteiger partial charge in [0.15, 0.2) is 12.4 Å². The molecule has 0 bridgehead atoms. The van der Waals surface area contributed by atoms with Crippen LogP contribution in [0.25, 0.3) is 0 Å². The molecule has 1 aliphatic heterocycles. The van der Waals surface area contributed by atoms with Crippen molar-refractivity contribution in [3.8, 4) is 0 Å². The Hall–Kier alpha value is -0.950. The van der Waals surface area contributed by atoms with Crippen molar-refractivity contribution in [2.45, 2.75) is 117 Å². The first-order valence-corrected chi connectivity index (χ1v) is 13.0. The van der Waals surface area contributed by atoms with E-state index >= 15 is 0 Å². The van der Waals surface area contributed by atoms with Gasteiger partial charge in [-0.15, -0.1) is 0 Å². The molecule has 0 aromatic carbocycles. The van der Waals surface area contributed by atoms with Crippen LogP contribution in [0.4, 0.5) is 0 Å². The lowest BCUT2D eigenvalue weighted by Gasteiger charge is -2.47. The lowest BCUT2D eigenvalue weighted by atomic mass is 9.74. The molecule has 188 valence electrons. The molecule has 0 radical (unpaired) electrons. The number of aliphatic hydroxyl groups is 2. The zero-order chi connectivity index (χ0) is 24.3. The highest BCUT2D eigenvalue weighted by atomic mass is 16.7. The summed E-state index contributed by atoms with van der Waals surface area (Å²) in [4.78, 5) is 12.5. The van der Waals surface area contributed by atoms with Gasteiger partial charge in [-0.3, -0.25) is 0 Å². The number of aliphatic hydroxyl groups excluding tert-OH is 2. The summed E-state index contributed by atoms with van der Waals surface area (Å²) in [6.07, 6.45) is 1.52. The van der Waals surface area contributed by atoms with Gasteiger partial charge in [-0.1, -0.05) is 39.7 Å². The summed E-state index contributed by atoms with van der Waals surface area (Å²) in [7, 11) is 0. The fraction of sp³-hybridized carbons (Fsp3) is 0.889. The van der Waals surface area contributed by atoms with E-state index in [1.165, 1.54) is 12.5 Å². The molecule has 4 fully saturated rings. The number of rotatable bonds is 5. The summed E-state index contributed by atoms with van der Waals surface area (Å²) < 4.78 is 18.4. The van der Waals surface area contributed by atoms with E-state index in [1.807, 2.05) is 13.8 Å². The molecule has 0 unspecified atom stereocenters. The molecule has 11 atom stereocenters. The summed E-state index contributed by atoms with van der Waals surface area (Å²) in [6.45, 7) is 14.9. The number of ether oxygens (including phenoxy) is 3. The van der Waals surface area contributed by atoms with Crippen LogP contribution in [0.15, 0.2) is 11.6 Å². The zero-order valence-corrected chi connectivity index (χ0v) is 21.4. The Balaban J connectivity index is 1.57. The van der Waals surface area contributed by atoms with Crippen molar-refractivity contribution in [2.24, 2.45) is 35.0 Å². The van der Waals surface area contributed by atoms with Crippen LogP contribution >= 0.6 is 0 Å². The van der Waals surface area contributed by atoms with Crippen LogP contribution in [-0.4, -0.2) is 52.5 Å². The van der Waals surface area contributed by atoms with Crippen molar-refractivity contribution in [3.63, 3.8) is 0 Å². The Kier molecular flexibility index (Phi) is 6.80. The summed E-state index contributed by atoms with van der Waals surface area (Å²) >= 11 is 0. The lowest BCUT2D eigenvalue weighted by Crippen LogP contribution is -2.61. The standard InChI is InChI=1S/C27H44O6/c1-8-14(2)13-19(28)32-24-23(30)22(29)16(4)31-25(24)33-27(7)12-11-18-21(26(18,5)6)20-15(3)9-10-17(20)27/h13,15-18,20-25,29-30H,8-12H2,1-7H3/b14-13+/t15-,16-,17+,18-,20-,21-,22+,23+,24+,25+,27-/m1/s1. The first-order chi connectivity index (χ1) is 15.4. The third-order valence-electron chi connectivity index (χ3n) is 9.69. The third kappa shape index (κ3) is 4.41. The molecule has 2 N–H and O–H groups in total. The van der Waals surface area contributed by atoms with Crippen molar-refractivity contribution in [2.75, 3.05) is 0 Å². The van der Waals surface area contributed by atoms with Gasteiger partial charge >= 0.3 is 5.97 Å². The largest absolute Gasteiger partial charge is 0.451 e. The maximum Gasteiger partial charge on any atom is 0.331 e. The Labute approximate surface area is 199 Å². The average molecular weight is 465 g/mol. The smallest absolute Gasteiger partial charge is 0.331 e. The van der Waals surface area contributed by atoms with Gasteiger partial charge in [-0.05, 0) is 81.5 Å². The van der Waals surface area contributed by atoms with Gasteiger partial charge < -0.3 is 24.4 Å². The SMILES string of the molecule is CC/C(C)=C/C(=O)O[C@@H]1[C@H](O[C@]2(C)CC[C@@H]3[C@H]([C@@H]4[C@H](C)CC[C@@H]42)C3(C)C)O[C@H](C)[C@H](O)[C@@H]1O. The Morgan fingerprint density at radius 1 is 1.09 bits per heavy atom. The number of hydrogen-bond acceptors (Lipinski definition) is 6.